The van der Waals surface area contributed by atoms with Gasteiger partial charge >= 0.3 is 6.09 Å². The van der Waals surface area contributed by atoms with Gasteiger partial charge in [-0.25, -0.2) is 9.18 Å². The number of carbonyl (C=O) groups excluding carboxylic acids is 2. The predicted molar refractivity (Wildman–Crippen MR) is 91.0 cm³/mol. The predicted octanol–water partition coefficient (Wildman–Crippen LogP) is 1.61. The Bertz CT molecular complexity index is 681. The lowest BCUT2D eigenvalue weighted by atomic mass is 9.91. The first-order chi connectivity index (χ1) is 12.2. The monoisotopic (exact) mass is 365 g/mol. The summed E-state index contributed by atoms with van der Waals surface area (Å²) in [6, 6.07) is 2.79. The van der Waals surface area contributed by atoms with Gasteiger partial charge in [0.05, 0.1) is 38.9 Å². The molecule has 1 aromatic rings. The molecule has 2 saturated heterocycles. The van der Waals surface area contributed by atoms with Crippen LogP contribution in [-0.2, 0) is 20.7 Å². The molecule has 7 nitrogen and oxygen atoms in total. The standard InChI is InChI=1S/C18H24FN3O4/c1-17(2,3)26-16(24)21-6-7-25-18(10-21)11-22(12-18)15(23)8-14-5-4-13(19)9-20-14/h4-5,9H,6-8,10-12H2,1-3H3. The fourth-order valence-electron chi connectivity index (χ4n) is 3.12. The number of nitrogens with zero attached hydrogens (tertiary/aromatic N) is 3. The molecular weight excluding hydrogens is 341 g/mol. The number of morpholine rings is 1. The van der Waals surface area contributed by atoms with Crippen LogP contribution < -0.4 is 0 Å². The largest absolute Gasteiger partial charge is 0.444 e. The van der Waals surface area contributed by atoms with Crippen LogP contribution in [0.4, 0.5) is 9.18 Å². The molecule has 0 saturated carbocycles. The molecule has 1 aromatic heterocycles. The van der Waals surface area contributed by atoms with Crippen LogP contribution in [0.2, 0.25) is 0 Å². The minimum atomic E-state index is -0.549. The second-order valence-corrected chi connectivity index (χ2v) is 7.83. The van der Waals surface area contributed by atoms with Crippen LogP contribution in [0.5, 0.6) is 0 Å². The summed E-state index contributed by atoms with van der Waals surface area (Å²) < 4.78 is 24.2. The van der Waals surface area contributed by atoms with E-state index in [1.54, 1.807) is 9.80 Å². The summed E-state index contributed by atoms with van der Waals surface area (Å²) in [6.45, 7) is 7.63. The molecule has 2 amide bonds. The summed E-state index contributed by atoms with van der Waals surface area (Å²) in [6.07, 6.45) is 0.857. The first-order valence-corrected chi connectivity index (χ1v) is 8.66. The highest BCUT2D eigenvalue weighted by Crippen LogP contribution is 2.30. The SMILES string of the molecule is CC(C)(C)OC(=O)N1CCOC2(CN(C(=O)Cc3ccc(F)cn3)C2)C1. The zero-order valence-electron chi connectivity index (χ0n) is 15.3. The smallest absolute Gasteiger partial charge is 0.410 e. The number of carbonyl (C=O) groups is 2. The molecule has 26 heavy (non-hydrogen) atoms. The highest BCUT2D eigenvalue weighted by molar-refractivity contribution is 5.79. The first-order valence-electron chi connectivity index (χ1n) is 8.66. The van der Waals surface area contributed by atoms with E-state index in [0.717, 1.165) is 6.20 Å². The Morgan fingerprint density at radius 3 is 2.58 bits per heavy atom. The van der Waals surface area contributed by atoms with Crippen molar-refractivity contribution in [1.29, 1.82) is 0 Å². The van der Waals surface area contributed by atoms with Crippen molar-refractivity contribution in [2.75, 3.05) is 32.8 Å². The molecular formula is C18H24FN3O4. The summed E-state index contributed by atoms with van der Waals surface area (Å²) in [4.78, 5) is 31.8. The van der Waals surface area contributed by atoms with Crippen LogP contribution >= 0.6 is 0 Å². The summed E-state index contributed by atoms with van der Waals surface area (Å²) in [5.74, 6) is -0.519. The minimum absolute atomic E-state index is 0.0901. The number of ether oxygens (including phenoxy) is 2. The van der Waals surface area contributed by atoms with E-state index >= 15 is 0 Å². The van der Waals surface area contributed by atoms with Gasteiger partial charge in [0.15, 0.2) is 0 Å². The normalized spacial score (nSPS) is 19.2. The van der Waals surface area contributed by atoms with Gasteiger partial charge in [-0.15, -0.1) is 0 Å². The zero-order chi connectivity index (χ0) is 18.9. The van der Waals surface area contributed by atoms with Crippen molar-refractivity contribution in [3.63, 3.8) is 0 Å². The molecule has 0 atom stereocenters. The maximum atomic E-state index is 12.9. The van der Waals surface area contributed by atoms with Gasteiger partial charge in [0, 0.05) is 12.2 Å². The minimum Gasteiger partial charge on any atom is -0.444 e. The molecule has 0 unspecified atom stereocenters. The Balaban J connectivity index is 1.53. The fourth-order valence-corrected chi connectivity index (χ4v) is 3.12. The van der Waals surface area contributed by atoms with Crippen molar-refractivity contribution in [1.82, 2.24) is 14.8 Å². The quantitative estimate of drug-likeness (QED) is 0.796. The third-order valence-corrected chi connectivity index (χ3v) is 4.33. The number of amides is 2. The number of hydrogen-bond donors (Lipinski definition) is 0. The van der Waals surface area contributed by atoms with Crippen molar-refractivity contribution in [3.8, 4) is 0 Å². The Morgan fingerprint density at radius 1 is 1.27 bits per heavy atom. The van der Waals surface area contributed by atoms with Crippen molar-refractivity contribution in [2.24, 2.45) is 0 Å². The van der Waals surface area contributed by atoms with Gasteiger partial charge in [-0.2, -0.15) is 0 Å². The molecule has 0 N–H and O–H groups in total. The first kappa shape index (κ1) is 18.6. The van der Waals surface area contributed by atoms with E-state index in [1.165, 1.54) is 12.1 Å². The molecule has 0 aliphatic carbocycles. The highest BCUT2D eigenvalue weighted by atomic mass is 19.1. The molecule has 8 heteroatoms. The molecule has 2 fully saturated rings. The Kier molecular flexibility index (Phi) is 4.88. The molecule has 3 heterocycles. The van der Waals surface area contributed by atoms with Crippen LogP contribution in [0, 0.1) is 5.82 Å². The third kappa shape index (κ3) is 4.30. The van der Waals surface area contributed by atoms with E-state index in [4.69, 9.17) is 9.47 Å². The zero-order valence-corrected chi connectivity index (χ0v) is 15.3. The van der Waals surface area contributed by atoms with Gasteiger partial charge in [0.1, 0.15) is 17.0 Å². The second-order valence-electron chi connectivity index (χ2n) is 7.83. The van der Waals surface area contributed by atoms with Crippen LogP contribution in [-0.4, -0.2) is 70.8 Å². The summed E-state index contributed by atoms with van der Waals surface area (Å²) >= 11 is 0. The van der Waals surface area contributed by atoms with Crippen LogP contribution in [0.25, 0.3) is 0 Å². The number of halogens is 1. The molecule has 0 radical (unpaired) electrons. The maximum absolute atomic E-state index is 12.9. The summed E-state index contributed by atoms with van der Waals surface area (Å²) in [5.41, 5.74) is -0.551. The van der Waals surface area contributed by atoms with Crippen molar-refractivity contribution < 1.29 is 23.5 Å². The highest BCUT2D eigenvalue weighted by Gasteiger charge is 2.50. The fraction of sp³-hybridized carbons (Fsp3) is 0.611. The topological polar surface area (TPSA) is 72.0 Å². The van der Waals surface area contributed by atoms with Gasteiger partial charge in [-0.1, -0.05) is 0 Å². The van der Waals surface area contributed by atoms with Crippen molar-refractivity contribution in [2.45, 2.75) is 38.4 Å². The second kappa shape index (κ2) is 6.83. The number of likely N-dealkylation sites (tertiary alicyclic amines) is 1. The maximum Gasteiger partial charge on any atom is 0.410 e. The molecule has 2 aliphatic rings. The summed E-state index contributed by atoms with van der Waals surface area (Å²) in [5, 5.41) is 0. The van der Waals surface area contributed by atoms with Crippen molar-refractivity contribution in [3.05, 3.63) is 29.8 Å². The average Bonchev–Trinajstić information content (AvgIpc) is 2.53. The molecule has 0 aromatic carbocycles. The van der Waals surface area contributed by atoms with E-state index in [-0.39, 0.29) is 18.4 Å². The lowest BCUT2D eigenvalue weighted by molar-refractivity contribution is -0.188. The van der Waals surface area contributed by atoms with Gasteiger partial charge in [0.2, 0.25) is 5.91 Å². The molecule has 3 rings (SSSR count). The third-order valence-electron chi connectivity index (χ3n) is 4.33. The van der Waals surface area contributed by atoms with E-state index in [1.807, 2.05) is 20.8 Å². The van der Waals surface area contributed by atoms with Crippen LogP contribution in [0.1, 0.15) is 26.5 Å². The summed E-state index contributed by atoms with van der Waals surface area (Å²) in [7, 11) is 0. The van der Waals surface area contributed by atoms with E-state index < -0.39 is 17.0 Å². The van der Waals surface area contributed by atoms with Crippen LogP contribution in [0.15, 0.2) is 18.3 Å². The Labute approximate surface area is 152 Å². The molecule has 1 spiro atoms. The van der Waals surface area contributed by atoms with E-state index in [2.05, 4.69) is 4.98 Å². The van der Waals surface area contributed by atoms with Gasteiger partial charge in [-0.05, 0) is 32.9 Å². The number of aromatic nitrogens is 1. The number of rotatable bonds is 2. The van der Waals surface area contributed by atoms with Gasteiger partial charge < -0.3 is 19.3 Å². The number of pyridine rings is 1. The van der Waals surface area contributed by atoms with Gasteiger partial charge in [0.25, 0.3) is 0 Å². The van der Waals surface area contributed by atoms with E-state index in [0.29, 0.717) is 38.5 Å². The molecule has 142 valence electrons. The van der Waals surface area contributed by atoms with Crippen LogP contribution in [0.3, 0.4) is 0 Å². The average molecular weight is 365 g/mol. The Morgan fingerprint density at radius 2 is 1.96 bits per heavy atom. The van der Waals surface area contributed by atoms with E-state index in [9.17, 15) is 14.0 Å². The number of hydrogen-bond acceptors (Lipinski definition) is 5. The lowest BCUT2D eigenvalue weighted by Crippen LogP contribution is -2.71. The van der Waals surface area contributed by atoms with Gasteiger partial charge in [-0.3, -0.25) is 9.78 Å². The molecule has 0 bridgehead atoms. The lowest BCUT2D eigenvalue weighted by Gasteiger charge is -2.53. The molecule has 2 aliphatic heterocycles. The Hall–Kier alpha value is -2.22. The van der Waals surface area contributed by atoms with Crippen molar-refractivity contribution >= 4 is 12.0 Å².